The molecule has 0 atom stereocenters. The molecular weight excluding hydrogens is 296 g/mol. The van der Waals surface area contributed by atoms with Gasteiger partial charge in [-0.15, -0.1) is 0 Å². The molecule has 114 valence electrons. The number of hydrogen-bond donors (Lipinski definition) is 0. The first kappa shape index (κ1) is 14.9. The molecule has 0 saturated carbocycles. The molecule has 0 unspecified atom stereocenters. The van der Waals surface area contributed by atoms with Gasteiger partial charge in [-0.3, -0.25) is 0 Å². The number of ether oxygens (including phenoxy) is 1. The minimum Gasteiger partial charge on any atom is -0.490 e. The number of imidazole rings is 1. The van der Waals surface area contributed by atoms with Gasteiger partial charge in [-0.2, -0.15) is 0 Å². The second-order valence-corrected chi connectivity index (χ2v) is 5.92. The Morgan fingerprint density at radius 3 is 2.59 bits per heavy atom. The monoisotopic (exact) mass is 314 g/mol. The lowest BCUT2D eigenvalue weighted by atomic mass is 10.1. The third-order valence-corrected chi connectivity index (χ3v) is 4.28. The van der Waals surface area contributed by atoms with Crippen LogP contribution in [0.3, 0.4) is 0 Å². The van der Waals surface area contributed by atoms with Crippen molar-refractivity contribution in [3.8, 4) is 5.75 Å². The Labute approximate surface area is 135 Å². The number of rotatable bonds is 4. The number of para-hydroxylation sites is 1. The predicted molar refractivity (Wildman–Crippen MR) is 90.9 cm³/mol. The predicted octanol–water partition coefficient (Wildman–Crippen LogP) is 4.69. The number of halogens is 1. The Balaban J connectivity index is 1.81. The first-order valence-corrected chi connectivity index (χ1v) is 7.75. The molecule has 0 fully saturated rings. The Morgan fingerprint density at radius 1 is 1.09 bits per heavy atom. The van der Waals surface area contributed by atoms with Crippen molar-refractivity contribution in [2.45, 2.75) is 27.3 Å². The van der Waals surface area contributed by atoms with Crippen molar-refractivity contribution in [2.75, 3.05) is 6.61 Å². The summed E-state index contributed by atoms with van der Waals surface area (Å²) >= 11 is 6.11. The molecule has 0 radical (unpaired) electrons. The summed E-state index contributed by atoms with van der Waals surface area (Å²) in [5, 5.41) is 0.640. The van der Waals surface area contributed by atoms with E-state index < -0.39 is 0 Å². The van der Waals surface area contributed by atoms with Crippen molar-refractivity contribution in [1.82, 2.24) is 9.55 Å². The Morgan fingerprint density at radius 2 is 1.82 bits per heavy atom. The van der Waals surface area contributed by atoms with Crippen LogP contribution < -0.4 is 4.74 Å². The molecular formula is C18H19ClN2O. The fourth-order valence-electron chi connectivity index (χ4n) is 2.59. The maximum Gasteiger partial charge on any atom is 0.137 e. The second-order valence-electron chi connectivity index (χ2n) is 5.51. The number of benzene rings is 2. The van der Waals surface area contributed by atoms with E-state index in [1.54, 1.807) is 0 Å². The van der Waals surface area contributed by atoms with E-state index >= 15 is 0 Å². The van der Waals surface area contributed by atoms with Gasteiger partial charge >= 0.3 is 0 Å². The highest BCUT2D eigenvalue weighted by atomic mass is 35.5. The molecule has 0 saturated heterocycles. The SMILES string of the molecule is Cc1cc2nc(C)n(CCOc3ccccc3Cl)c2cc1C. The molecule has 0 aliphatic rings. The topological polar surface area (TPSA) is 27.1 Å². The fraction of sp³-hybridized carbons (Fsp3) is 0.278. The van der Waals surface area contributed by atoms with Crippen LogP contribution in [0.1, 0.15) is 17.0 Å². The van der Waals surface area contributed by atoms with Crippen molar-refractivity contribution >= 4 is 22.6 Å². The van der Waals surface area contributed by atoms with E-state index in [1.807, 2.05) is 31.2 Å². The average molecular weight is 315 g/mol. The second kappa shape index (κ2) is 6.01. The normalized spacial score (nSPS) is 11.1. The molecule has 0 spiro atoms. The van der Waals surface area contributed by atoms with Crippen molar-refractivity contribution in [3.63, 3.8) is 0 Å². The van der Waals surface area contributed by atoms with Gasteiger partial charge in [0.05, 0.1) is 22.6 Å². The van der Waals surface area contributed by atoms with E-state index in [4.69, 9.17) is 16.3 Å². The average Bonchev–Trinajstić information content (AvgIpc) is 2.77. The first-order chi connectivity index (χ1) is 10.6. The highest BCUT2D eigenvalue weighted by molar-refractivity contribution is 6.32. The zero-order chi connectivity index (χ0) is 15.7. The lowest BCUT2D eigenvalue weighted by Gasteiger charge is -2.10. The largest absolute Gasteiger partial charge is 0.490 e. The molecule has 22 heavy (non-hydrogen) atoms. The van der Waals surface area contributed by atoms with Crippen molar-refractivity contribution in [1.29, 1.82) is 0 Å². The Bertz CT molecular complexity index is 823. The summed E-state index contributed by atoms with van der Waals surface area (Å²) in [6, 6.07) is 11.9. The maximum atomic E-state index is 6.11. The minimum absolute atomic E-state index is 0.558. The van der Waals surface area contributed by atoms with Crippen molar-refractivity contribution in [2.24, 2.45) is 0 Å². The summed E-state index contributed by atoms with van der Waals surface area (Å²) in [5.41, 5.74) is 4.74. The zero-order valence-corrected chi connectivity index (χ0v) is 13.8. The molecule has 3 aromatic rings. The Hall–Kier alpha value is -2.00. The number of hydrogen-bond acceptors (Lipinski definition) is 2. The number of aromatic nitrogens is 2. The number of aryl methyl sites for hydroxylation is 3. The van der Waals surface area contributed by atoms with Crippen LogP contribution in [0, 0.1) is 20.8 Å². The molecule has 1 heterocycles. The molecule has 0 amide bonds. The molecule has 0 aliphatic carbocycles. The molecule has 0 bridgehead atoms. The summed E-state index contributed by atoms with van der Waals surface area (Å²) < 4.78 is 7.98. The summed E-state index contributed by atoms with van der Waals surface area (Å²) in [6.07, 6.45) is 0. The van der Waals surface area contributed by atoms with Crippen molar-refractivity contribution < 1.29 is 4.74 Å². The summed E-state index contributed by atoms with van der Waals surface area (Å²) in [5.74, 6) is 1.72. The van der Waals surface area contributed by atoms with Gasteiger partial charge < -0.3 is 9.30 Å². The lowest BCUT2D eigenvalue weighted by molar-refractivity contribution is 0.299. The van der Waals surface area contributed by atoms with Crippen LogP contribution in [-0.4, -0.2) is 16.2 Å². The first-order valence-electron chi connectivity index (χ1n) is 7.37. The van der Waals surface area contributed by atoms with Crippen LogP contribution in [0.5, 0.6) is 5.75 Å². The smallest absolute Gasteiger partial charge is 0.137 e. The van der Waals surface area contributed by atoms with Gasteiger partial charge in [-0.05, 0) is 56.2 Å². The molecule has 4 heteroatoms. The standard InChI is InChI=1S/C18H19ClN2O/c1-12-10-16-17(11-13(12)2)21(14(3)20-16)8-9-22-18-7-5-4-6-15(18)19/h4-7,10-11H,8-9H2,1-3H3. The van der Waals surface area contributed by atoms with E-state index in [9.17, 15) is 0 Å². The van der Waals surface area contributed by atoms with E-state index in [1.165, 1.54) is 11.1 Å². The van der Waals surface area contributed by atoms with E-state index in [0.717, 1.165) is 29.2 Å². The summed E-state index contributed by atoms with van der Waals surface area (Å²) in [6.45, 7) is 7.57. The van der Waals surface area contributed by atoms with Gasteiger partial charge in [-0.25, -0.2) is 4.98 Å². The molecule has 1 aromatic heterocycles. The summed E-state index contributed by atoms with van der Waals surface area (Å²) in [4.78, 5) is 4.64. The molecule has 2 aromatic carbocycles. The third kappa shape index (κ3) is 2.81. The highest BCUT2D eigenvalue weighted by Crippen LogP contribution is 2.24. The molecule has 0 N–H and O–H groups in total. The molecule has 3 nitrogen and oxygen atoms in total. The molecule has 0 aliphatic heterocycles. The van der Waals surface area contributed by atoms with E-state index in [-0.39, 0.29) is 0 Å². The Kier molecular flexibility index (Phi) is 4.08. The van der Waals surface area contributed by atoms with E-state index in [2.05, 4.69) is 35.5 Å². The third-order valence-electron chi connectivity index (χ3n) is 3.96. The van der Waals surface area contributed by atoms with Crippen molar-refractivity contribution in [3.05, 3.63) is 58.4 Å². The number of fused-ring (bicyclic) bond motifs is 1. The van der Waals surface area contributed by atoms with Gasteiger partial charge in [0.2, 0.25) is 0 Å². The van der Waals surface area contributed by atoms with Crippen LogP contribution in [0.25, 0.3) is 11.0 Å². The number of nitrogens with zero attached hydrogens (tertiary/aromatic N) is 2. The molecule has 3 rings (SSSR count). The van der Waals surface area contributed by atoms with Crippen LogP contribution >= 0.6 is 11.6 Å². The highest BCUT2D eigenvalue weighted by Gasteiger charge is 2.09. The van der Waals surface area contributed by atoms with Gasteiger partial charge in [0.25, 0.3) is 0 Å². The van der Waals surface area contributed by atoms with Crippen LogP contribution in [0.2, 0.25) is 5.02 Å². The van der Waals surface area contributed by atoms with Gasteiger partial charge in [0, 0.05) is 0 Å². The van der Waals surface area contributed by atoms with Gasteiger partial charge in [-0.1, -0.05) is 23.7 Å². The zero-order valence-electron chi connectivity index (χ0n) is 13.1. The van der Waals surface area contributed by atoms with Crippen LogP contribution in [-0.2, 0) is 6.54 Å². The van der Waals surface area contributed by atoms with Gasteiger partial charge in [0.1, 0.15) is 18.2 Å². The summed E-state index contributed by atoms with van der Waals surface area (Å²) in [7, 11) is 0. The van der Waals surface area contributed by atoms with Crippen LogP contribution in [0.4, 0.5) is 0 Å². The van der Waals surface area contributed by atoms with E-state index in [0.29, 0.717) is 11.6 Å². The quantitative estimate of drug-likeness (QED) is 0.698. The fourth-order valence-corrected chi connectivity index (χ4v) is 2.78. The maximum absolute atomic E-state index is 6.11. The van der Waals surface area contributed by atoms with Crippen LogP contribution in [0.15, 0.2) is 36.4 Å². The minimum atomic E-state index is 0.558. The van der Waals surface area contributed by atoms with Gasteiger partial charge in [0.15, 0.2) is 0 Å². The lowest BCUT2D eigenvalue weighted by Crippen LogP contribution is -2.09.